The fourth-order valence-corrected chi connectivity index (χ4v) is 7.10. The number of ether oxygens (including phenoxy) is 1. The van der Waals surface area contributed by atoms with Gasteiger partial charge >= 0.3 is 0 Å². The molecule has 1 amide bonds. The molecule has 1 aromatic carbocycles. The number of fused-ring (bicyclic) bond motifs is 2. The molecular formula is C20H28Cl2N2O6S. The van der Waals surface area contributed by atoms with Crippen molar-refractivity contribution in [1.82, 2.24) is 9.21 Å². The number of hydrogen-bond acceptors (Lipinski definition) is 6. The molecule has 1 aromatic rings. The quantitative estimate of drug-likeness (QED) is 0.533. The molecule has 0 aromatic heterocycles. The van der Waals surface area contributed by atoms with E-state index >= 15 is 0 Å². The lowest BCUT2D eigenvalue weighted by molar-refractivity contribution is -0.135. The Hall–Kier alpha value is -0.940. The van der Waals surface area contributed by atoms with E-state index in [4.69, 9.17) is 27.9 Å². The van der Waals surface area contributed by atoms with Crippen molar-refractivity contribution in [2.24, 2.45) is 5.92 Å². The Morgan fingerprint density at radius 1 is 1.23 bits per heavy atom. The van der Waals surface area contributed by atoms with Crippen molar-refractivity contribution in [3.8, 4) is 0 Å². The number of hydrogen-bond donors (Lipinski definition) is 2. The third-order valence-electron chi connectivity index (χ3n) is 5.94. The monoisotopic (exact) mass is 494 g/mol. The molecule has 31 heavy (non-hydrogen) atoms. The van der Waals surface area contributed by atoms with Gasteiger partial charge in [0.25, 0.3) is 0 Å². The van der Waals surface area contributed by atoms with Gasteiger partial charge in [-0.25, -0.2) is 8.42 Å². The molecule has 0 radical (unpaired) electrons. The summed E-state index contributed by atoms with van der Waals surface area (Å²) in [7, 11) is -4.15. The lowest BCUT2D eigenvalue weighted by Crippen LogP contribution is -2.56. The van der Waals surface area contributed by atoms with Crippen molar-refractivity contribution < 1.29 is 28.2 Å². The zero-order valence-corrected chi connectivity index (χ0v) is 19.6. The van der Waals surface area contributed by atoms with E-state index in [9.17, 15) is 23.4 Å². The van der Waals surface area contributed by atoms with Gasteiger partial charge < -0.3 is 19.8 Å². The molecule has 2 aliphatic rings. The lowest BCUT2D eigenvalue weighted by Gasteiger charge is -2.41. The number of piperidine rings is 1. The van der Waals surface area contributed by atoms with E-state index in [1.165, 1.54) is 22.5 Å². The molecule has 174 valence electrons. The molecule has 4 atom stereocenters. The number of aliphatic hydroxyl groups is 2. The fraction of sp³-hybridized carbons (Fsp3) is 0.650. The van der Waals surface area contributed by atoms with Gasteiger partial charge in [0.15, 0.2) is 0 Å². The van der Waals surface area contributed by atoms with Crippen LogP contribution in [-0.2, 0) is 19.6 Å². The fourth-order valence-electron chi connectivity index (χ4n) is 4.50. The van der Waals surface area contributed by atoms with E-state index in [0.29, 0.717) is 32.5 Å². The van der Waals surface area contributed by atoms with Crippen molar-refractivity contribution in [2.75, 3.05) is 32.9 Å². The highest BCUT2D eigenvalue weighted by Gasteiger charge is 2.51. The van der Waals surface area contributed by atoms with E-state index in [0.717, 1.165) is 0 Å². The molecule has 2 fully saturated rings. The van der Waals surface area contributed by atoms with Crippen LogP contribution in [0, 0.1) is 5.92 Å². The van der Waals surface area contributed by atoms with E-state index in [1.807, 2.05) is 6.92 Å². The van der Waals surface area contributed by atoms with Crippen LogP contribution in [0.15, 0.2) is 23.1 Å². The summed E-state index contributed by atoms with van der Waals surface area (Å²) in [4.78, 5) is 14.8. The summed E-state index contributed by atoms with van der Waals surface area (Å²) < 4.78 is 34.0. The smallest absolute Gasteiger partial charge is 0.244 e. The summed E-state index contributed by atoms with van der Waals surface area (Å²) in [5, 5.41) is 20.5. The van der Waals surface area contributed by atoms with Crippen LogP contribution in [0.2, 0.25) is 10.0 Å². The van der Waals surface area contributed by atoms with Crippen LogP contribution < -0.4 is 0 Å². The normalized spacial score (nSPS) is 26.0. The standard InChI is InChI=1S/C20H28Cl2N2O6S/c1-2-30-7-6-23-11-16(19(26)12-25)17-4-3-5-18(20(23)27)24(17)31(28,29)15-9-13(21)8-14(22)10-15/h8-10,16-19,25-26H,2-7,11-12H2,1H3/t16-,17?,18?,19?/m0/s1. The summed E-state index contributed by atoms with van der Waals surface area (Å²) in [6.07, 6.45) is 0.302. The molecule has 2 saturated heterocycles. The molecule has 3 unspecified atom stereocenters. The highest BCUT2D eigenvalue weighted by molar-refractivity contribution is 7.89. The number of carbonyl (C=O) groups is 1. The highest BCUT2D eigenvalue weighted by atomic mass is 35.5. The first-order valence-electron chi connectivity index (χ1n) is 10.4. The molecule has 2 bridgehead atoms. The molecule has 0 aliphatic carbocycles. The molecule has 2 aliphatic heterocycles. The molecule has 8 nitrogen and oxygen atoms in total. The second kappa shape index (κ2) is 10.3. The van der Waals surface area contributed by atoms with Crippen LogP contribution in [0.3, 0.4) is 0 Å². The number of nitrogens with zero attached hydrogens (tertiary/aromatic N) is 2. The maximum Gasteiger partial charge on any atom is 0.244 e. The van der Waals surface area contributed by atoms with Crippen molar-refractivity contribution in [1.29, 1.82) is 0 Å². The highest BCUT2D eigenvalue weighted by Crippen LogP contribution is 2.39. The molecule has 0 spiro atoms. The molecule has 0 saturated carbocycles. The lowest BCUT2D eigenvalue weighted by atomic mass is 9.87. The van der Waals surface area contributed by atoms with Crippen LogP contribution in [0.4, 0.5) is 0 Å². The number of halogens is 2. The first-order chi connectivity index (χ1) is 14.7. The van der Waals surface area contributed by atoms with Crippen LogP contribution in [0.25, 0.3) is 0 Å². The van der Waals surface area contributed by atoms with Gasteiger partial charge in [-0.15, -0.1) is 0 Å². The van der Waals surface area contributed by atoms with Crippen molar-refractivity contribution >= 4 is 39.1 Å². The summed E-state index contributed by atoms with van der Waals surface area (Å²) in [6.45, 7) is 2.53. The first kappa shape index (κ1) is 24.7. The van der Waals surface area contributed by atoms with Gasteiger partial charge in [0.1, 0.15) is 6.04 Å². The average molecular weight is 495 g/mol. The van der Waals surface area contributed by atoms with E-state index in [1.54, 1.807) is 4.90 Å². The summed E-state index contributed by atoms with van der Waals surface area (Å²) in [5.41, 5.74) is 0. The molecular weight excluding hydrogens is 467 g/mol. The Labute approximate surface area is 192 Å². The summed E-state index contributed by atoms with van der Waals surface area (Å²) in [6, 6.07) is 2.49. The van der Waals surface area contributed by atoms with Gasteiger partial charge in [-0.1, -0.05) is 23.2 Å². The van der Waals surface area contributed by atoms with Crippen molar-refractivity contribution in [3.05, 3.63) is 28.2 Å². The number of aliphatic hydroxyl groups excluding tert-OH is 2. The van der Waals surface area contributed by atoms with Gasteiger partial charge in [-0.3, -0.25) is 4.79 Å². The molecule has 2 heterocycles. The minimum Gasteiger partial charge on any atom is -0.394 e. The third-order valence-corrected chi connectivity index (χ3v) is 8.28. The number of carbonyl (C=O) groups excluding carboxylic acids is 1. The molecule has 2 N–H and O–H groups in total. The Balaban J connectivity index is 2.07. The second-order valence-corrected chi connectivity index (χ2v) is 10.6. The van der Waals surface area contributed by atoms with Gasteiger partial charge in [-0.2, -0.15) is 4.31 Å². The molecule has 11 heteroatoms. The zero-order chi connectivity index (χ0) is 22.8. The van der Waals surface area contributed by atoms with E-state index < -0.39 is 40.7 Å². The number of rotatable bonds is 8. The Morgan fingerprint density at radius 3 is 2.52 bits per heavy atom. The average Bonchev–Trinajstić information content (AvgIpc) is 2.80. The predicted molar refractivity (Wildman–Crippen MR) is 117 cm³/mol. The van der Waals surface area contributed by atoms with Gasteiger partial charge in [0.2, 0.25) is 15.9 Å². The Kier molecular flexibility index (Phi) is 8.23. The first-order valence-corrected chi connectivity index (χ1v) is 12.5. The topological polar surface area (TPSA) is 107 Å². The summed E-state index contributed by atoms with van der Waals surface area (Å²) >= 11 is 12.1. The van der Waals surface area contributed by atoms with E-state index in [-0.39, 0.29) is 33.9 Å². The van der Waals surface area contributed by atoms with Gasteiger partial charge in [0, 0.05) is 41.7 Å². The largest absolute Gasteiger partial charge is 0.394 e. The number of amides is 1. The van der Waals surface area contributed by atoms with E-state index in [2.05, 4.69) is 0 Å². The second-order valence-electron chi connectivity index (χ2n) is 7.85. The van der Waals surface area contributed by atoms with Gasteiger partial charge in [-0.05, 0) is 44.4 Å². The summed E-state index contributed by atoms with van der Waals surface area (Å²) in [5.74, 6) is -0.973. The Morgan fingerprint density at radius 2 is 1.90 bits per heavy atom. The number of sulfonamides is 1. The number of benzene rings is 1. The van der Waals surface area contributed by atoms with Crippen molar-refractivity contribution in [2.45, 2.75) is 49.3 Å². The maximum atomic E-state index is 13.7. The van der Waals surface area contributed by atoms with Crippen LogP contribution in [-0.4, -0.2) is 84.8 Å². The molecule has 3 rings (SSSR count). The third kappa shape index (κ3) is 5.19. The minimum absolute atomic E-state index is 0.102. The SMILES string of the molecule is CCOCCN1C[C@H](C(O)CO)C2CCCC(C1=O)N2S(=O)(=O)c1cc(Cl)cc(Cl)c1. The van der Waals surface area contributed by atoms with Crippen LogP contribution >= 0.6 is 23.2 Å². The van der Waals surface area contributed by atoms with Crippen LogP contribution in [0.1, 0.15) is 26.2 Å². The van der Waals surface area contributed by atoms with Crippen LogP contribution in [0.5, 0.6) is 0 Å². The Bertz CT molecular complexity index is 879. The van der Waals surface area contributed by atoms with Gasteiger partial charge in [0.05, 0.1) is 24.2 Å². The zero-order valence-electron chi connectivity index (χ0n) is 17.3. The maximum absolute atomic E-state index is 13.7. The minimum atomic E-state index is -4.15. The van der Waals surface area contributed by atoms with Crippen molar-refractivity contribution in [3.63, 3.8) is 0 Å². The predicted octanol–water partition coefficient (Wildman–Crippen LogP) is 1.75.